The number of amides is 2. The molecule has 2 aromatic rings. The van der Waals surface area contributed by atoms with Crippen molar-refractivity contribution in [3.05, 3.63) is 64.7 Å². The molecule has 1 saturated heterocycles. The van der Waals surface area contributed by atoms with Crippen molar-refractivity contribution in [3.8, 4) is 5.75 Å². The van der Waals surface area contributed by atoms with E-state index in [0.29, 0.717) is 42.6 Å². The molecule has 3 rings (SSSR count). The first-order valence-corrected chi connectivity index (χ1v) is 9.87. The van der Waals surface area contributed by atoms with Gasteiger partial charge in [0.05, 0.1) is 19.6 Å². The first-order valence-electron chi connectivity index (χ1n) is 9.49. The monoisotopic (exact) mass is 416 g/mol. The molecule has 1 fully saturated rings. The first-order chi connectivity index (χ1) is 14.0. The second kappa shape index (κ2) is 9.76. The van der Waals surface area contributed by atoms with Crippen LogP contribution in [-0.2, 0) is 9.53 Å². The number of rotatable bonds is 7. The second-order valence-corrected chi connectivity index (χ2v) is 7.39. The largest absolute Gasteiger partial charge is 0.496 e. The fourth-order valence-corrected chi connectivity index (χ4v) is 3.83. The highest BCUT2D eigenvalue weighted by atomic mass is 35.5. The van der Waals surface area contributed by atoms with Crippen LogP contribution in [0.2, 0.25) is 5.02 Å². The molecule has 0 radical (unpaired) electrons. The molecule has 6 nitrogen and oxygen atoms in total. The van der Waals surface area contributed by atoms with Crippen LogP contribution in [-0.4, -0.2) is 57.2 Å². The van der Waals surface area contributed by atoms with Crippen molar-refractivity contribution < 1.29 is 19.1 Å². The van der Waals surface area contributed by atoms with Gasteiger partial charge in [-0.25, -0.2) is 0 Å². The molecule has 1 aliphatic heterocycles. The number of carbonyl (C=O) groups excluding carboxylic acids is 2. The van der Waals surface area contributed by atoms with Gasteiger partial charge < -0.3 is 19.7 Å². The molecule has 0 bridgehead atoms. The van der Waals surface area contributed by atoms with Crippen LogP contribution in [0.3, 0.4) is 0 Å². The van der Waals surface area contributed by atoms with Crippen molar-refractivity contribution >= 4 is 23.4 Å². The van der Waals surface area contributed by atoms with E-state index in [0.717, 1.165) is 5.56 Å². The summed E-state index contributed by atoms with van der Waals surface area (Å²) in [6.45, 7) is 1.63. The van der Waals surface area contributed by atoms with Crippen LogP contribution in [0.25, 0.3) is 0 Å². The number of likely N-dealkylation sites (tertiary alicyclic amines) is 1. The van der Waals surface area contributed by atoms with Gasteiger partial charge in [-0.3, -0.25) is 9.59 Å². The Morgan fingerprint density at radius 2 is 1.83 bits per heavy atom. The molecular weight excluding hydrogens is 392 g/mol. The third-order valence-electron chi connectivity index (χ3n) is 5.18. The lowest BCUT2D eigenvalue weighted by Gasteiger charge is -2.20. The van der Waals surface area contributed by atoms with E-state index in [9.17, 15) is 9.59 Å². The predicted octanol–water partition coefficient (Wildman–Crippen LogP) is 2.97. The minimum Gasteiger partial charge on any atom is -0.496 e. The molecule has 154 valence electrons. The lowest BCUT2D eigenvalue weighted by molar-refractivity contribution is -0.125. The van der Waals surface area contributed by atoms with Gasteiger partial charge >= 0.3 is 0 Å². The van der Waals surface area contributed by atoms with Gasteiger partial charge in [0.15, 0.2) is 0 Å². The summed E-state index contributed by atoms with van der Waals surface area (Å²) in [6, 6.07) is 14.4. The highest BCUT2D eigenvalue weighted by Crippen LogP contribution is 2.38. The van der Waals surface area contributed by atoms with Gasteiger partial charge in [-0.1, -0.05) is 29.8 Å². The van der Waals surface area contributed by atoms with Gasteiger partial charge in [-0.15, -0.1) is 0 Å². The number of carbonyl (C=O) groups is 2. The summed E-state index contributed by atoms with van der Waals surface area (Å²) in [5.41, 5.74) is 1.47. The molecule has 29 heavy (non-hydrogen) atoms. The molecule has 0 spiro atoms. The molecular formula is C22H25ClN2O4. The van der Waals surface area contributed by atoms with Crippen LogP contribution in [0.5, 0.6) is 5.75 Å². The minimum absolute atomic E-state index is 0.0932. The molecule has 0 aromatic heterocycles. The molecule has 1 aliphatic rings. The normalized spacial score (nSPS) is 18.5. The SMILES string of the molecule is COCCNC(=O)C1CN(C(=O)c2ccc(Cl)cc2)CC1c1ccccc1OC. The fraction of sp³-hybridized carbons (Fsp3) is 0.364. The van der Waals surface area contributed by atoms with E-state index in [1.807, 2.05) is 24.3 Å². The zero-order valence-corrected chi connectivity index (χ0v) is 17.3. The van der Waals surface area contributed by atoms with E-state index in [-0.39, 0.29) is 23.7 Å². The van der Waals surface area contributed by atoms with Crippen LogP contribution in [0.4, 0.5) is 0 Å². The summed E-state index contributed by atoms with van der Waals surface area (Å²) in [5, 5.41) is 3.48. The average Bonchev–Trinajstić information content (AvgIpc) is 3.19. The molecule has 2 unspecified atom stereocenters. The van der Waals surface area contributed by atoms with E-state index in [1.165, 1.54) is 0 Å². The molecule has 2 aromatic carbocycles. The Labute approximate surface area is 175 Å². The lowest BCUT2D eigenvalue weighted by Crippen LogP contribution is -2.37. The smallest absolute Gasteiger partial charge is 0.253 e. The van der Waals surface area contributed by atoms with Gasteiger partial charge in [0, 0.05) is 43.2 Å². The molecule has 2 atom stereocenters. The fourth-order valence-electron chi connectivity index (χ4n) is 3.71. The number of hydrogen-bond donors (Lipinski definition) is 1. The summed E-state index contributed by atoms with van der Waals surface area (Å²) in [4.78, 5) is 27.6. The lowest BCUT2D eigenvalue weighted by atomic mass is 9.87. The summed E-state index contributed by atoms with van der Waals surface area (Å²) < 4.78 is 10.5. The predicted molar refractivity (Wildman–Crippen MR) is 111 cm³/mol. The van der Waals surface area contributed by atoms with Crippen molar-refractivity contribution in [1.82, 2.24) is 10.2 Å². The maximum atomic E-state index is 13.0. The Bertz CT molecular complexity index is 856. The van der Waals surface area contributed by atoms with E-state index in [4.69, 9.17) is 21.1 Å². The Morgan fingerprint density at radius 1 is 1.10 bits per heavy atom. The van der Waals surface area contributed by atoms with E-state index in [1.54, 1.807) is 43.4 Å². The van der Waals surface area contributed by atoms with Gasteiger partial charge in [0.25, 0.3) is 5.91 Å². The van der Waals surface area contributed by atoms with Crippen molar-refractivity contribution in [3.63, 3.8) is 0 Å². The number of para-hydroxylation sites is 1. The standard InChI is InChI=1S/C22H25ClN2O4/c1-28-12-11-24-21(26)19-14-25(22(27)15-7-9-16(23)10-8-15)13-18(19)17-5-3-4-6-20(17)29-2/h3-10,18-19H,11-14H2,1-2H3,(H,24,26). The number of halogens is 1. The highest BCUT2D eigenvalue weighted by Gasteiger charge is 2.41. The number of nitrogens with zero attached hydrogens (tertiary/aromatic N) is 1. The Balaban J connectivity index is 1.86. The average molecular weight is 417 g/mol. The van der Waals surface area contributed by atoms with Gasteiger partial charge in [0.2, 0.25) is 5.91 Å². The quantitative estimate of drug-likeness (QED) is 0.704. The van der Waals surface area contributed by atoms with Gasteiger partial charge in [-0.2, -0.15) is 0 Å². The number of methoxy groups -OCH3 is 2. The van der Waals surface area contributed by atoms with Gasteiger partial charge in [-0.05, 0) is 35.9 Å². The van der Waals surface area contributed by atoms with Crippen LogP contribution in [0.1, 0.15) is 21.8 Å². The zero-order chi connectivity index (χ0) is 20.8. The molecule has 2 amide bonds. The molecule has 7 heteroatoms. The van der Waals surface area contributed by atoms with E-state index < -0.39 is 0 Å². The maximum absolute atomic E-state index is 13.0. The maximum Gasteiger partial charge on any atom is 0.253 e. The summed E-state index contributed by atoms with van der Waals surface area (Å²) in [7, 11) is 3.20. The van der Waals surface area contributed by atoms with E-state index >= 15 is 0 Å². The third kappa shape index (κ3) is 4.89. The summed E-state index contributed by atoms with van der Waals surface area (Å²) >= 11 is 5.94. The first kappa shape index (κ1) is 21.1. The summed E-state index contributed by atoms with van der Waals surface area (Å²) in [6.07, 6.45) is 0. The van der Waals surface area contributed by atoms with Crippen LogP contribution >= 0.6 is 11.6 Å². The van der Waals surface area contributed by atoms with Crippen LogP contribution in [0.15, 0.2) is 48.5 Å². The van der Waals surface area contributed by atoms with Crippen molar-refractivity contribution in [2.24, 2.45) is 5.92 Å². The topological polar surface area (TPSA) is 67.9 Å². The molecule has 0 saturated carbocycles. The number of hydrogen-bond acceptors (Lipinski definition) is 4. The zero-order valence-electron chi connectivity index (χ0n) is 16.6. The van der Waals surface area contributed by atoms with Gasteiger partial charge in [0.1, 0.15) is 5.75 Å². The third-order valence-corrected chi connectivity index (χ3v) is 5.43. The summed E-state index contributed by atoms with van der Waals surface area (Å²) in [5.74, 6) is -0.0320. The number of benzene rings is 2. The number of nitrogens with one attached hydrogen (secondary N) is 1. The highest BCUT2D eigenvalue weighted by molar-refractivity contribution is 6.30. The van der Waals surface area contributed by atoms with E-state index in [2.05, 4.69) is 5.32 Å². The Morgan fingerprint density at radius 3 is 2.52 bits per heavy atom. The second-order valence-electron chi connectivity index (χ2n) is 6.96. The Kier molecular flexibility index (Phi) is 7.12. The number of ether oxygens (including phenoxy) is 2. The van der Waals surface area contributed by atoms with Crippen LogP contribution < -0.4 is 10.1 Å². The molecule has 1 heterocycles. The molecule has 0 aliphatic carbocycles. The van der Waals surface area contributed by atoms with Crippen molar-refractivity contribution in [2.75, 3.05) is 40.5 Å². The Hall–Kier alpha value is -2.57. The van der Waals surface area contributed by atoms with Crippen LogP contribution in [0, 0.1) is 5.92 Å². The van der Waals surface area contributed by atoms with Crippen molar-refractivity contribution in [2.45, 2.75) is 5.92 Å². The van der Waals surface area contributed by atoms with Crippen molar-refractivity contribution in [1.29, 1.82) is 0 Å². The molecule has 1 N–H and O–H groups in total. The minimum atomic E-state index is -0.376.